The zero-order valence-electron chi connectivity index (χ0n) is 35.4. The van der Waals surface area contributed by atoms with E-state index < -0.39 is 42.2 Å². The third-order valence-electron chi connectivity index (χ3n) is 11.8. The van der Waals surface area contributed by atoms with E-state index in [0.29, 0.717) is 36.1 Å². The molecular weight excluding hydrogens is 841 g/mol. The van der Waals surface area contributed by atoms with E-state index in [1.54, 1.807) is 30.5 Å². The first-order valence-corrected chi connectivity index (χ1v) is 21.8. The maximum atomic E-state index is 14.1. The number of pyridine rings is 1. The van der Waals surface area contributed by atoms with E-state index in [-0.39, 0.29) is 48.7 Å². The summed E-state index contributed by atoms with van der Waals surface area (Å²) in [5, 5.41) is 12.2. The summed E-state index contributed by atoms with van der Waals surface area (Å²) in [6, 6.07) is 17.8. The molecule has 4 amide bonds. The van der Waals surface area contributed by atoms with Crippen LogP contribution in [0.25, 0.3) is 17.1 Å². The highest BCUT2D eigenvalue weighted by Crippen LogP contribution is 2.32. The largest absolute Gasteiger partial charge is 0.444 e. The number of aromatic nitrogens is 4. The molecule has 4 aliphatic rings. The van der Waals surface area contributed by atoms with Crippen LogP contribution in [0, 0.1) is 17.8 Å². The first-order valence-electron chi connectivity index (χ1n) is 21.8. The predicted molar refractivity (Wildman–Crippen MR) is 232 cm³/mol. The summed E-state index contributed by atoms with van der Waals surface area (Å²) in [7, 11) is 0. The zero-order valence-corrected chi connectivity index (χ0v) is 35.4. The molecule has 9 rings (SSSR count). The van der Waals surface area contributed by atoms with Gasteiger partial charge in [0, 0.05) is 43.4 Å². The molecule has 1 unspecified atom stereocenters. The van der Waals surface area contributed by atoms with Crippen LogP contribution in [-0.4, -0.2) is 105 Å². The van der Waals surface area contributed by atoms with Crippen molar-refractivity contribution in [3.8, 4) is 29.0 Å². The molecule has 0 spiro atoms. The van der Waals surface area contributed by atoms with Gasteiger partial charge in [0.2, 0.25) is 17.7 Å². The lowest BCUT2D eigenvalue weighted by atomic mass is 10.0. The highest BCUT2D eigenvalue weighted by Gasteiger charge is 2.42. The van der Waals surface area contributed by atoms with Gasteiger partial charge in [-0.15, -0.1) is 0 Å². The Labute approximate surface area is 373 Å². The summed E-state index contributed by atoms with van der Waals surface area (Å²) in [5.41, 5.74) is 3.05. The second-order valence-corrected chi connectivity index (χ2v) is 16.6. The third-order valence-corrected chi connectivity index (χ3v) is 11.8. The van der Waals surface area contributed by atoms with Gasteiger partial charge >= 0.3 is 6.09 Å². The number of piperidine rings is 1. The third kappa shape index (κ3) is 10.7. The van der Waals surface area contributed by atoms with E-state index >= 15 is 0 Å². The number of anilines is 2. The van der Waals surface area contributed by atoms with Gasteiger partial charge in [0.25, 0.3) is 12.3 Å². The summed E-state index contributed by atoms with van der Waals surface area (Å²) in [6.45, 7) is 3.72. The molecule has 336 valence electrons. The Balaban J connectivity index is 0.736. The van der Waals surface area contributed by atoms with Crippen LogP contribution in [0.2, 0.25) is 0 Å². The number of carbonyl (C=O) groups excluding carboxylic acids is 4. The molecule has 3 N–H and O–H groups in total. The standard InChI is InChI=1S/C47H47F2N9O7/c48-43(49)42-36(52-44(60)37-28-64-46(53-37)33-17-18-50-40(23-33)51-24-31-9-10-31)26-58(55-42)34-13-11-29(12-14-34)4-2-8-35-25-56(20-21-63-35)19-3-6-30-5-1-7-32(22-30)39-27-57(47(62)65-39)38-15-16-41(59)54-45(38)61/h1,5,7,11-14,17-18,22-23,26,28,31,35,38-39,43H,2,4,8-10,15-16,19-21,24-25,27H2,(H,50,51)(H,52,60)(H,54,59,61)/t35-,38?,39+/m0/s1. The molecule has 5 aromatic rings. The van der Waals surface area contributed by atoms with Gasteiger partial charge in [-0.3, -0.25) is 29.5 Å². The number of rotatable bonds is 15. The number of alkyl halides is 2. The topological polar surface area (TPSA) is 186 Å². The van der Waals surface area contributed by atoms with Gasteiger partial charge in [0.1, 0.15) is 24.2 Å². The van der Waals surface area contributed by atoms with Gasteiger partial charge < -0.3 is 24.5 Å². The number of halogens is 2. The van der Waals surface area contributed by atoms with Gasteiger partial charge in [-0.25, -0.2) is 28.2 Å². The van der Waals surface area contributed by atoms with E-state index in [0.717, 1.165) is 55.6 Å². The quantitative estimate of drug-likeness (QED) is 0.0788. The van der Waals surface area contributed by atoms with Crippen molar-refractivity contribution in [2.75, 3.05) is 50.0 Å². The van der Waals surface area contributed by atoms with Gasteiger partial charge in [0.05, 0.1) is 43.4 Å². The molecule has 0 radical (unpaired) electrons. The second-order valence-electron chi connectivity index (χ2n) is 16.6. The highest BCUT2D eigenvalue weighted by molar-refractivity contribution is 6.03. The maximum Gasteiger partial charge on any atom is 0.411 e. The number of imide groups is 1. The SMILES string of the molecule is O=C1CCC(N2C[C@H](c3cccc(C#CCN4CCO[C@@H](CCCc5ccc(-n6cc(NC(=O)c7coc(-c8ccnc(NCC9CC9)c8)n7)c(C(F)F)n6)cc5)C4)c3)OC2=O)C(=O)N1. The number of amides is 4. The molecule has 0 bridgehead atoms. The number of aryl methyl sites for hydroxylation is 1. The fourth-order valence-corrected chi connectivity index (χ4v) is 8.11. The van der Waals surface area contributed by atoms with Crippen LogP contribution in [0.3, 0.4) is 0 Å². The average molecular weight is 888 g/mol. The molecular formula is C47H47F2N9O7. The van der Waals surface area contributed by atoms with E-state index in [9.17, 15) is 28.0 Å². The Bertz CT molecular complexity index is 2620. The van der Waals surface area contributed by atoms with Gasteiger partial charge in [-0.05, 0) is 92.0 Å². The number of benzene rings is 2. The summed E-state index contributed by atoms with van der Waals surface area (Å²) in [6.07, 6.45) is 5.51. The van der Waals surface area contributed by atoms with E-state index in [4.69, 9.17) is 13.9 Å². The fourth-order valence-electron chi connectivity index (χ4n) is 8.11. The molecule has 18 heteroatoms. The molecule has 1 saturated carbocycles. The Kier molecular flexibility index (Phi) is 12.9. The fraction of sp³-hybridized carbons (Fsp3) is 0.383. The van der Waals surface area contributed by atoms with Crippen LogP contribution >= 0.6 is 0 Å². The summed E-state index contributed by atoms with van der Waals surface area (Å²) in [4.78, 5) is 61.9. The van der Waals surface area contributed by atoms with Crippen LogP contribution in [0.15, 0.2) is 83.7 Å². The first-order chi connectivity index (χ1) is 31.6. The number of morpholine rings is 1. The molecule has 3 saturated heterocycles. The Morgan fingerprint density at radius 2 is 1.89 bits per heavy atom. The van der Waals surface area contributed by atoms with Gasteiger partial charge in [-0.2, -0.15) is 5.10 Å². The van der Waals surface area contributed by atoms with E-state index in [1.165, 1.54) is 34.9 Å². The number of hydrogen-bond donors (Lipinski definition) is 3. The summed E-state index contributed by atoms with van der Waals surface area (Å²) in [5.74, 6) is 6.50. The van der Waals surface area contributed by atoms with Crippen LogP contribution in [0.5, 0.6) is 0 Å². The van der Waals surface area contributed by atoms with Gasteiger partial charge in [0.15, 0.2) is 11.4 Å². The van der Waals surface area contributed by atoms with Crippen molar-refractivity contribution >= 4 is 35.3 Å². The van der Waals surface area contributed by atoms with Crippen LogP contribution in [-0.2, 0) is 25.5 Å². The van der Waals surface area contributed by atoms with Crippen LogP contribution < -0.4 is 16.0 Å². The van der Waals surface area contributed by atoms with Crippen molar-refractivity contribution < 1.29 is 41.8 Å². The summed E-state index contributed by atoms with van der Waals surface area (Å²) >= 11 is 0. The molecule has 65 heavy (non-hydrogen) atoms. The Morgan fingerprint density at radius 1 is 1.03 bits per heavy atom. The van der Waals surface area contributed by atoms with Crippen molar-refractivity contribution in [1.29, 1.82) is 0 Å². The molecule has 6 heterocycles. The number of ether oxygens (including phenoxy) is 2. The summed E-state index contributed by atoms with van der Waals surface area (Å²) < 4.78 is 46.8. The van der Waals surface area contributed by atoms with E-state index in [2.05, 4.69) is 47.8 Å². The molecule has 3 aromatic heterocycles. The number of carbonyl (C=O) groups is 4. The van der Waals surface area contributed by atoms with Crippen molar-refractivity contribution in [2.24, 2.45) is 5.92 Å². The smallest absolute Gasteiger partial charge is 0.411 e. The Hall–Kier alpha value is -6.97. The van der Waals surface area contributed by atoms with Crippen LogP contribution in [0.4, 0.5) is 25.1 Å². The second kappa shape index (κ2) is 19.4. The molecule has 4 fully saturated rings. The maximum absolute atomic E-state index is 14.1. The normalized spacial score (nSPS) is 20.0. The minimum atomic E-state index is -2.94. The molecule has 3 aliphatic heterocycles. The number of hydrogen-bond acceptors (Lipinski definition) is 12. The predicted octanol–water partition coefficient (Wildman–Crippen LogP) is 6.31. The molecule has 1 aliphatic carbocycles. The number of nitrogens with zero attached hydrogens (tertiary/aromatic N) is 6. The highest BCUT2D eigenvalue weighted by atomic mass is 19.3. The lowest BCUT2D eigenvalue weighted by Gasteiger charge is -2.31. The average Bonchev–Trinajstić information content (AvgIpc) is 3.62. The van der Waals surface area contributed by atoms with Gasteiger partial charge in [-0.1, -0.05) is 36.1 Å². The number of cyclic esters (lactones) is 1. The number of nitrogens with one attached hydrogen (secondary N) is 3. The number of oxazole rings is 1. The minimum Gasteiger partial charge on any atom is -0.444 e. The van der Waals surface area contributed by atoms with Crippen LogP contribution in [0.1, 0.15) is 83.9 Å². The lowest BCUT2D eigenvalue weighted by molar-refractivity contribution is -0.136. The lowest BCUT2D eigenvalue weighted by Crippen LogP contribution is -2.52. The molecule has 3 atom stereocenters. The Morgan fingerprint density at radius 3 is 2.71 bits per heavy atom. The van der Waals surface area contributed by atoms with E-state index in [1.807, 2.05) is 36.4 Å². The van der Waals surface area contributed by atoms with Crippen molar-refractivity contribution in [3.63, 3.8) is 0 Å². The van der Waals surface area contributed by atoms with Crippen molar-refractivity contribution in [2.45, 2.75) is 69.6 Å². The molecule has 2 aromatic carbocycles. The first kappa shape index (κ1) is 43.3. The minimum absolute atomic E-state index is 0.0502. The van der Waals surface area contributed by atoms with Crippen molar-refractivity contribution in [3.05, 3.63) is 107 Å². The molecule has 16 nitrogen and oxygen atoms in total. The monoisotopic (exact) mass is 887 g/mol. The zero-order chi connectivity index (χ0) is 44.9. The van der Waals surface area contributed by atoms with Crippen molar-refractivity contribution in [1.82, 2.24) is 34.9 Å².